The van der Waals surface area contributed by atoms with Crippen molar-refractivity contribution in [3.8, 4) is 5.75 Å². The first kappa shape index (κ1) is 12.9. The summed E-state index contributed by atoms with van der Waals surface area (Å²) in [5, 5.41) is 1.42. The maximum atomic E-state index is 12.0. The Balaban J connectivity index is 1.92. The van der Waals surface area contributed by atoms with Gasteiger partial charge in [0.15, 0.2) is 6.10 Å². The molecule has 98 valence electrons. The lowest BCUT2D eigenvalue weighted by Crippen LogP contribution is -2.43. The molecule has 1 unspecified atom stereocenters. The standard InChI is InChI=1S/C14H19NO3/c1-11-5-7-13(8-6-11)18-12(2)14(16)15-9-3-4-10-17-15/h5-8,12H,3-4,9-10H2,1-2H3. The number of amides is 1. The second-order valence-electron chi connectivity index (χ2n) is 4.55. The third-order valence-corrected chi connectivity index (χ3v) is 2.93. The van der Waals surface area contributed by atoms with E-state index in [9.17, 15) is 4.79 Å². The number of nitrogens with zero attached hydrogens (tertiary/aromatic N) is 1. The minimum absolute atomic E-state index is 0.115. The van der Waals surface area contributed by atoms with Gasteiger partial charge in [0.05, 0.1) is 6.61 Å². The Kier molecular flexibility index (Phi) is 4.20. The lowest BCUT2D eigenvalue weighted by Gasteiger charge is -2.28. The van der Waals surface area contributed by atoms with Crippen LogP contribution in [-0.4, -0.2) is 30.2 Å². The highest BCUT2D eigenvalue weighted by atomic mass is 16.7. The number of aryl methyl sites for hydroxylation is 1. The molecule has 1 amide bonds. The van der Waals surface area contributed by atoms with Crippen LogP contribution in [0.2, 0.25) is 0 Å². The number of hydroxylamine groups is 2. The van der Waals surface area contributed by atoms with Gasteiger partial charge in [0.1, 0.15) is 5.75 Å². The van der Waals surface area contributed by atoms with Gasteiger partial charge in [-0.25, -0.2) is 5.06 Å². The topological polar surface area (TPSA) is 38.8 Å². The fraction of sp³-hybridized carbons (Fsp3) is 0.500. The van der Waals surface area contributed by atoms with Crippen molar-refractivity contribution in [2.45, 2.75) is 32.8 Å². The summed E-state index contributed by atoms with van der Waals surface area (Å²) in [5.74, 6) is 0.591. The molecule has 18 heavy (non-hydrogen) atoms. The van der Waals surface area contributed by atoms with Crippen LogP contribution >= 0.6 is 0 Å². The molecule has 0 saturated carbocycles. The SMILES string of the molecule is Cc1ccc(OC(C)C(=O)N2CCCCO2)cc1. The molecule has 1 aliphatic rings. The fourth-order valence-electron chi connectivity index (χ4n) is 1.84. The Morgan fingerprint density at radius 1 is 1.33 bits per heavy atom. The second-order valence-corrected chi connectivity index (χ2v) is 4.55. The van der Waals surface area contributed by atoms with Crippen molar-refractivity contribution >= 4 is 5.91 Å². The normalized spacial score (nSPS) is 17.3. The molecule has 2 rings (SSSR count). The highest BCUT2D eigenvalue weighted by Gasteiger charge is 2.24. The average molecular weight is 249 g/mol. The van der Waals surface area contributed by atoms with Gasteiger partial charge in [-0.15, -0.1) is 0 Å². The molecular formula is C14H19NO3. The maximum Gasteiger partial charge on any atom is 0.286 e. The molecule has 1 heterocycles. The van der Waals surface area contributed by atoms with Crippen molar-refractivity contribution in [3.63, 3.8) is 0 Å². The predicted molar refractivity (Wildman–Crippen MR) is 68.2 cm³/mol. The lowest BCUT2D eigenvalue weighted by molar-refractivity contribution is -0.202. The summed E-state index contributed by atoms with van der Waals surface area (Å²) in [6, 6.07) is 7.67. The summed E-state index contributed by atoms with van der Waals surface area (Å²) in [5.41, 5.74) is 1.17. The quantitative estimate of drug-likeness (QED) is 0.825. The average Bonchev–Trinajstić information content (AvgIpc) is 2.41. The number of hydrogen-bond donors (Lipinski definition) is 0. The van der Waals surface area contributed by atoms with E-state index in [0.29, 0.717) is 18.9 Å². The molecule has 1 atom stereocenters. The minimum Gasteiger partial charge on any atom is -0.481 e. The van der Waals surface area contributed by atoms with Gasteiger partial charge in [-0.05, 0) is 38.8 Å². The van der Waals surface area contributed by atoms with Crippen LogP contribution in [0.3, 0.4) is 0 Å². The monoisotopic (exact) mass is 249 g/mol. The summed E-state index contributed by atoms with van der Waals surface area (Å²) >= 11 is 0. The Morgan fingerprint density at radius 2 is 2.06 bits per heavy atom. The minimum atomic E-state index is -0.522. The van der Waals surface area contributed by atoms with Gasteiger partial charge in [-0.2, -0.15) is 0 Å². The van der Waals surface area contributed by atoms with Crippen LogP contribution in [0.25, 0.3) is 0 Å². The van der Waals surface area contributed by atoms with Gasteiger partial charge in [-0.3, -0.25) is 9.63 Å². The number of ether oxygens (including phenoxy) is 1. The van der Waals surface area contributed by atoms with E-state index in [4.69, 9.17) is 9.57 Å². The summed E-state index contributed by atoms with van der Waals surface area (Å²) in [6.45, 7) is 5.03. The molecule has 0 bridgehead atoms. The molecule has 0 aliphatic carbocycles. The molecule has 0 aromatic heterocycles. The van der Waals surface area contributed by atoms with E-state index in [1.165, 1.54) is 10.6 Å². The van der Waals surface area contributed by atoms with Crippen LogP contribution in [0.1, 0.15) is 25.3 Å². The van der Waals surface area contributed by atoms with Gasteiger partial charge in [-0.1, -0.05) is 17.7 Å². The van der Waals surface area contributed by atoms with E-state index in [0.717, 1.165) is 12.8 Å². The molecule has 1 aromatic carbocycles. The molecule has 0 radical (unpaired) electrons. The Morgan fingerprint density at radius 3 is 2.67 bits per heavy atom. The zero-order valence-corrected chi connectivity index (χ0v) is 10.9. The second kappa shape index (κ2) is 5.87. The zero-order chi connectivity index (χ0) is 13.0. The summed E-state index contributed by atoms with van der Waals surface area (Å²) < 4.78 is 5.61. The molecule has 1 aliphatic heterocycles. The number of carbonyl (C=O) groups is 1. The van der Waals surface area contributed by atoms with Crippen LogP contribution < -0.4 is 4.74 Å². The fourth-order valence-corrected chi connectivity index (χ4v) is 1.84. The zero-order valence-electron chi connectivity index (χ0n) is 10.9. The summed E-state index contributed by atoms with van der Waals surface area (Å²) in [4.78, 5) is 17.4. The molecule has 0 N–H and O–H groups in total. The molecular weight excluding hydrogens is 230 g/mol. The first-order chi connectivity index (χ1) is 8.66. The van der Waals surface area contributed by atoms with E-state index in [2.05, 4.69) is 0 Å². The lowest BCUT2D eigenvalue weighted by atomic mass is 10.2. The van der Waals surface area contributed by atoms with Gasteiger partial charge in [0.2, 0.25) is 0 Å². The Hall–Kier alpha value is -1.55. The summed E-state index contributed by atoms with van der Waals surface area (Å²) in [6.07, 6.45) is 1.48. The molecule has 1 saturated heterocycles. The third kappa shape index (κ3) is 3.23. The van der Waals surface area contributed by atoms with Crippen molar-refractivity contribution in [3.05, 3.63) is 29.8 Å². The van der Waals surface area contributed by atoms with Crippen molar-refractivity contribution in [1.29, 1.82) is 0 Å². The number of rotatable bonds is 3. The molecule has 4 nitrogen and oxygen atoms in total. The van der Waals surface area contributed by atoms with Crippen LogP contribution in [0.15, 0.2) is 24.3 Å². The number of hydrogen-bond acceptors (Lipinski definition) is 3. The van der Waals surface area contributed by atoms with E-state index in [-0.39, 0.29) is 5.91 Å². The van der Waals surface area contributed by atoms with Crippen molar-refractivity contribution < 1.29 is 14.4 Å². The van der Waals surface area contributed by atoms with Gasteiger partial charge >= 0.3 is 0 Å². The van der Waals surface area contributed by atoms with Gasteiger partial charge in [0, 0.05) is 6.54 Å². The highest BCUT2D eigenvalue weighted by Crippen LogP contribution is 2.15. The number of benzene rings is 1. The Labute approximate surface area is 107 Å². The van der Waals surface area contributed by atoms with Gasteiger partial charge in [0.25, 0.3) is 5.91 Å². The van der Waals surface area contributed by atoms with Crippen LogP contribution in [0.5, 0.6) is 5.75 Å². The first-order valence-electron chi connectivity index (χ1n) is 6.34. The van der Waals surface area contributed by atoms with Crippen LogP contribution in [0, 0.1) is 6.92 Å². The van der Waals surface area contributed by atoms with Crippen molar-refractivity contribution in [1.82, 2.24) is 5.06 Å². The predicted octanol–water partition coefficient (Wildman–Crippen LogP) is 2.32. The molecule has 1 aromatic rings. The molecule has 0 spiro atoms. The highest BCUT2D eigenvalue weighted by molar-refractivity contribution is 5.79. The van der Waals surface area contributed by atoms with E-state index < -0.39 is 6.10 Å². The maximum absolute atomic E-state index is 12.0. The van der Waals surface area contributed by atoms with Crippen LogP contribution in [-0.2, 0) is 9.63 Å². The smallest absolute Gasteiger partial charge is 0.286 e. The van der Waals surface area contributed by atoms with E-state index in [1.54, 1.807) is 6.92 Å². The molecule has 1 fully saturated rings. The summed E-state index contributed by atoms with van der Waals surface area (Å²) in [7, 11) is 0. The Bertz CT molecular complexity index is 396. The largest absolute Gasteiger partial charge is 0.481 e. The van der Waals surface area contributed by atoms with Crippen molar-refractivity contribution in [2.24, 2.45) is 0 Å². The number of carbonyl (C=O) groups excluding carboxylic acids is 1. The van der Waals surface area contributed by atoms with Gasteiger partial charge < -0.3 is 4.74 Å². The first-order valence-corrected chi connectivity index (χ1v) is 6.34. The molecule has 4 heteroatoms. The third-order valence-electron chi connectivity index (χ3n) is 2.93. The van der Waals surface area contributed by atoms with E-state index in [1.807, 2.05) is 31.2 Å². The van der Waals surface area contributed by atoms with Crippen molar-refractivity contribution in [2.75, 3.05) is 13.2 Å². The van der Waals surface area contributed by atoms with Crippen LogP contribution in [0.4, 0.5) is 0 Å². The van der Waals surface area contributed by atoms with E-state index >= 15 is 0 Å².